The van der Waals surface area contributed by atoms with Crippen molar-refractivity contribution in [2.75, 3.05) is 11.9 Å². The second kappa shape index (κ2) is 5.69. The normalized spacial score (nSPS) is 17.4. The molecule has 0 saturated heterocycles. The summed E-state index contributed by atoms with van der Waals surface area (Å²) in [4.78, 5) is 18.0. The molecule has 1 aliphatic carbocycles. The largest absolute Gasteiger partial charge is 0.364 e. The van der Waals surface area contributed by atoms with Gasteiger partial charge in [0, 0.05) is 6.54 Å². The molecule has 0 unspecified atom stereocenters. The van der Waals surface area contributed by atoms with E-state index in [9.17, 15) is 10.1 Å². The molecule has 0 bridgehead atoms. The maximum atomic E-state index is 10.9. The van der Waals surface area contributed by atoms with Crippen LogP contribution in [-0.4, -0.2) is 21.4 Å². The van der Waals surface area contributed by atoms with Crippen molar-refractivity contribution < 1.29 is 4.92 Å². The van der Waals surface area contributed by atoms with Crippen LogP contribution in [0.25, 0.3) is 0 Å². The Morgan fingerprint density at radius 1 is 1.53 bits per heavy atom. The third kappa shape index (κ3) is 3.12. The van der Waals surface area contributed by atoms with Crippen molar-refractivity contribution in [3.63, 3.8) is 0 Å². The minimum absolute atomic E-state index is 0.0186. The van der Waals surface area contributed by atoms with Gasteiger partial charge in [0.2, 0.25) is 11.1 Å². The molecule has 1 aromatic rings. The quantitative estimate of drug-likeness (QED) is 0.509. The first kappa shape index (κ1) is 14.0. The fourth-order valence-corrected chi connectivity index (χ4v) is 2.80. The van der Waals surface area contributed by atoms with E-state index in [4.69, 9.17) is 11.6 Å². The molecule has 1 heterocycles. The number of nitrogens with one attached hydrogen (secondary N) is 1. The smallest absolute Gasteiger partial charge is 0.329 e. The molecule has 1 aliphatic rings. The molecule has 0 atom stereocenters. The first-order valence-corrected chi connectivity index (χ1v) is 6.85. The molecule has 0 aromatic carbocycles. The fraction of sp³-hybridized carbons (Fsp3) is 0.667. The summed E-state index contributed by atoms with van der Waals surface area (Å²) < 4.78 is 0. The number of nitro groups is 1. The first-order valence-electron chi connectivity index (χ1n) is 6.47. The topological polar surface area (TPSA) is 81.0 Å². The van der Waals surface area contributed by atoms with Gasteiger partial charge in [-0.25, -0.2) is 4.98 Å². The summed E-state index contributed by atoms with van der Waals surface area (Å²) in [6.45, 7) is 2.85. The summed E-state index contributed by atoms with van der Waals surface area (Å²) >= 11 is 5.70. The lowest BCUT2D eigenvalue weighted by molar-refractivity contribution is -0.384. The van der Waals surface area contributed by atoms with E-state index >= 15 is 0 Å². The molecule has 0 aliphatic heterocycles. The van der Waals surface area contributed by atoms with Crippen LogP contribution in [0.15, 0.2) is 6.20 Å². The lowest BCUT2D eigenvalue weighted by Crippen LogP contribution is -2.26. The molecule has 1 saturated carbocycles. The predicted molar refractivity (Wildman–Crippen MR) is 73.4 cm³/mol. The molecule has 6 nitrogen and oxygen atoms in total. The predicted octanol–water partition coefficient (Wildman–Crippen LogP) is 3.42. The minimum Gasteiger partial charge on any atom is -0.364 e. The molecular formula is C12H17ClN4O2. The van der Waals surface area contributed by atoms with E-state index in [2.05, 4.69) is 22.2 Å². The summed E-state index contributed by atoms with van der Waals surface area (Å²) in [5.41, 5.74) is 0.0966. The average molecular weight is 285 g/mol. The van der Waals surface area contributed by atoms with Gasteiger partial charge < -0.3 is 5.32 Å². The molecular weight excluding hydrogens is 268 g/mol. The SMILES string of the molecule is CCC1(CNc2nc(Cl)ncc2[N+](=O)[O-])CCCC1. The van der Waals surface area contributed by atoms with Crippen molar-refractivity contribution in [3.8, 4) is 0 Å². The van der Waals surface area contributed by atoms with Crippen LogP contribution < -0.4 is 5.32 Å². The van der Waals surface area contributed by atoms with Gasteiger partial charge in [0.05, 0.1) is 4.92 Å². The van der Waals surface area contributed by atoms with Gasteiger partial charge in [-0.2, -0.15) is 4.98 Å². The van der Waals surface area contributed by atoms with Crippen LogP contribution in [-0.2, 0) is 0 Å². The fourth-order valence-electron chi connectivity index (χ4n) is 2.67. The molecule has 1 fully saturated rings. The van der Waals surface area contributed by atoms with Crippen molar-refractivity contribution in [3.05, 3.63) is 21.6 Å². The van der Waals surface area contributed by atoms with Gasteiger partial charge in [-0.15, -0.1) is 0 Å². The Morgan fingerprint density at radius 2 is 2.21 bits per heavy atom. The number of nitrogens with zero attached hydrogens (tertiary/aromatic N) is 3. The Kier molecular flexibility index (Phi) is 4.19. The Hall–Kier alpha value is -1.43. The van der Waals surface area contributed by atoms with Crippen LogP contribution in [0.4, 0.5) is 11.5 Å². The molecule has 1 N–H and O–H groups in total. The lowest BCUT2D eigenvalue weighted by atomic mass is 9.83. The summed E-state index contributed by atoms with van der Waals surface area (Å²) in [5.74, 6) is 0.213. The van der Waals surface area contributed by atoms with Crippen molar-refractivity contribution in [1.82, 2.24) is 9.97 Å². The highest BCUT2D eigenvalue weighted by Gasteiger charge is 2.32. The van der Waals surface area contributed by atoms with Gasteiger partial charge >= 0.3 is 5.69 Å². The highest BCUT2D eigenvalue weighted by molar-refractivity contribution is 6.28. The zero-order valence-electron chi connectivity index (χ0n) is 10.9. The van der Waals surface area contributed by atoms with E-state index in [0.717, 1.165) is 25.5 Å². The van der Waals surface area contributed by atoms with Gasteiger partial charge in [-0.1, -0.05) is 19.8 Å². The Labute approximate surface area is 116 Å². The van der Waals surface area contributed by atoms with Gasteiger partial charge in [0.15, 0.2) is 0 Å². The van der Waals surface area contributed by atoms with Crippen LogP contribution in [0.5, 0.6) is 0 Å². The van der Waals surface area contributed by atoms with Crippen molar-refractivity contribution in [2.45, 2.75) is 39.0 Å². The van der Waals surface area contributed by atoms with Crippen LogP contribution in [0, 0.1) is 15.5 Å². The molecule has 104 valence electrons. The number of hydrogen-bond acceptors (Lipinski definition) is 5. The maximum absolute atomic E-state index is 10.9. The third-order valence-corrected chi connectivity index (χ3v) is 4.16. The van der Waals surface area contributed by atoms with E-state index in [-0.39, 0.29) is 22.2 Å². The highest BCUT2D eigenvalue weighted by Crippen LogP contribution is 2.41. The van der Waals surface area contributed by atoms with E-state index in [1.165, 1.54) is 12.8 Å². The molecule has 0 spiro atoms. The van der Waals surface area contributed by atoms with Crippen molar-refractivity contribution in [2.24, 2.45) is 5.41 Å². The monoisotopic (exact) mass is 284 g/mol. The molecule has 1 aromatic heterocycles. The Morgan fingerprint density at radius 3 is 2.79 bits per heavy atom. The van der Waals surface area contributed by atoms with Crippen LogP contribution in [0.3, 0.4) is 0 Å². The number of anilines is 1. The Bertz CT molecular complexity index is 475. The highest BCUT2D eigenvalue weighted by atomic mass is 35.5. The Balaban J connectivity index is 2.14. The standard InChI is InChI=1S/C12H17ClN4O2/c1-2-12(5-3-4-6-12)8-15-10-9(17(18)19)7-14-11(13)16-10/h7H,2-6,8H2,1H3,(H,14,15,16). The van der Waals surface area contributed by atoms with E-state index < -0.39 is 4.92 Å². The second-order valence-corrected chi connectivity index (χ2v) is 5.38. The lowest BCUT2D eigenvalue weighted by Gasteiger charge is -2.27. The summed E-state index contributed by atoms with van der Waals surface area (Å²) in [5, 5.41) is 14.0. The van der Waals surface area contributed by atoms with Crippen LogP contribution in [0.1, 0.15) is 39.0 Å². The summed E-state index contributed by atoms with van der Waals surface area (Å²) in [6, 6.07) is 0. The average Bonchev–Trinajstić information content (AvgIpc) is 2.85. The van der Waals surface area contributed by atoms with Crippen LogP contribution >= 0.6 is 11.6 Å². The van der Waals surface area contributed by atoms with E-state index in [1.807, 2.05) is 0 Å². The molecule has 7 heteroatoms. The molecule has 0 radical (unpaired) electrons. The number of rotatable bonds is 5. The molecule has 0 amide bonds. The van der Waals surface area contributed by atoms with Crippen LogP contribution in [0.2, 0.25) is 5.28 Å². The number of halogens is 1. The number of hydrogen-bond donors (Lipinski definition) is 1. The maximum Gasteiger partial charge on any atom is 0.329 e. The van der Waals surface area contributed by atoms with Crippen molar-refractivity contribution in [1.29, 1.82) is 0 Å². The van der Waals surface area contributed by atoms with E-state index in [0.29, 0.717) is 6.54 Å². The van der Waals surface area contributed by atoms with Gasteiger partial charge in [0.25, 0.3) is 0 Å². The van der Waals surface area contributed by atoms with Gasteiger partial charge in [0.1, 0.15) is 6.20 Å². The molecule has 19 heavy (non-hydrogen) atoms. The van der Waals surface area contributed by atoms with E-state index in [1.54, 1.807) is 0 Å². The summed E-state index contributed by atoms with van der Waals surface area (Å²) in [7, 11) is 0. The summed E-state index contributed by atoms with van der Waals surface area (Å²) in [6.07, 6.45) is 6.97. The van der Waals surface area contributed by atoms with Gasteiger partial charge in [-0.05, 0) is 36.3 Å². The number of aromatic nitrogens is 2. The zero-order chi connectivity index (χ0) is 13.9. The zero-order valence-corrected chi connectivity index (χ0v) is 11.6. The first-order chi connectivity index (χ1) is 9.06. The minimum atomic E-state index is -0.494. The van der Waals surface area contributed by atoms with Crippen molar-refractivity contribution >= 4 is 23.1 Å². The second-order valence-electron chi connectivity index (χ2n) is 5.04. The third-order valence-electron chi connectivity index (χ3n) is 3.98. The molecule has 2 rings (SSSR count). The van der Waals surface area contributed by atoms with Gasteiger partial charge in [-0.3, -0.25) is 10.1 Å².